The summed E-state index contributed by atoms with van der Waals surface area (Å²) in [6.45, 7) is 0.696. The molecular formula is C19H28N2O. The van der Waals surface area contributed by atoms with Gasteiger partial charge in [-0.05, 0) is 61.6 Å². The van der Waals surface area contributed by atoms with Crippen molar-refractivity contribution in [3.8, 4) is 0 Å². The van der Waals surface area contributed by atoms with E-state index < -0.39 is 0 Å². The number of amides is 1. The maximum atomic E-state index is 12.4. The molecule has 1 aromatic carbocycles. The van der Waals surface area contributed by atoms with Crippen LogP contribution >= 0.6 is 0 Å². The third kappa shape index (κ3) is 3.70. The number of hydrogen-bond acceptors (Lipinski definition) is 2. The minimum Gasteiger partial charge on any atom is -0.353 e. The molecule has 22 heavy (non-hydrogen) atoms. The molecule has 0 heterocycles. The molecular weight excluding hydrogens is 272 g/mol. The van der Waals surface area contributed by atoms with E-state index in [2.05, 4.69) is 29.6 Å². The third-order valence-corrected chi connectivity index (χ3v) is 5.48. The number of fused-ring (bicyclic) bond motifs is 1. The van der Waals surface area contributed by atoms with Crippen LogP contribution in [0.3, 0.4) is 0 Å². The van der Waals surface area contributed by atoms with Crippen molar-refractivity contribution in [3.05, 3.63) is 35.4 Å². The van der Waals surface area contributed by atoms with Crippen LogP contribution < -0.4 is 11.1 Å². The molecule has 0 bridgehead atoms. The van der Waals surface area contributed by atoms with E-state index in [9.17, 15) is 4.79 Å². The Morgan fingerprint density at radius 2 is 1.91 bits per heavy atom. The molecule has 3 N–H and O–H groups in total. The lowest BCUT2D eigenvalue weighted by atomic mass is 9.81. The molecule has 3 atom stereocenters. The highest BCUT2D eigenvalue weighted by Crippen LogP contribution is 2.28. The number of benzene rings is 1. The summed E-state index contributed by atoms with van der Waals surface area (Å²) in [5.41, 5.74) is 8.76. The molecule has 0 radical (unpaired) electrons. The van der Waals surface area contributed by atoms with Crippen LogP contribution in [0, 0.1) is 11.8 Å². The maximum absolute atomic E-state index is 12.4. The van der Waals surface area contributed by atoms with E-state index >= 15 is 0 Å². The lowest BCUT2D eigenvalue weighted by molar-refractivity contribution is -0.123. The Kier molecular flexibility index (Phi) is 5.14. The number of rotatable bonds is 4. The SMILES string of the molecule is NCC1CCCCC1NC(=O)CC1CCc2ccccc2C1. The Balaban J connectivity index is 1.52. The van der Waals surface area contributed by atoms with Gasteiger partial charge in [-0.3, -0.25) is 4.79 Å². The fourth-order valence-corrected chi connectivity index (χ4v) is 4.16. The number of carbonyl (C=O) groups is 1. The second-order valence-corrected chi connectivity index (χ2v) is 7.04. The smallest absolute Gasteiger partial charge is 0.220 e. The lowest BCUT2D eigenvalue weighted by Gasteiger charge is -2.32. The van der Waals surface area contributed by atoms with Crippen LogP contribution in [0.1, 0.15) is 49.7 Å². The van der Waals surface area contributed by atoms with Crippen molar-refractivity contribution in [2.45, 2.75) is 57.4 Å². The first-order valence-corrected chi connectivity index (χ1v) is 8.82. The minimum atomic E-state index is 0.231. The predicted molar refractivity (Wildman–Crippen MR) is 89.5 cm³/mol. The molecule has 3 rings (SSSR count). The van der Waals surface area contributed by atoms with Gasteiger partial charge in [-0.1, -0.05) is 37.1 Å². The van der Waals surface area contributed by atoms with Crippen molar-refractivity contribution in [1.82, 2.24) is 5.32 Å². The molecule has 2 aliphatic carbocycles. The van der Waals surface area contributed by atoms with Gasteiger partial charge in [0.15, 0.2) is 0 Å². The third-order valence-electron chi connectivity index (χ3n) is 5.48. The van der Waals surface area contributed by atoms with E-state index in [0.717, 1.165) is 32.1 Å². The summed E-state index contributed by atoms with van der Waals surface area (Å²) in [6.07, 6.45) is 8.71. The van der Waals surface area contributed by atoms with Crippen molar-refractivity contribution >= 4 is 5.91 Å². The van der Waals surface area contributed by atoms with Crippen LogP contribution in [-0.2, 0) is 17.6 Å². The van der Waals surface area contributed by atoms with Crippen LogP contribution in [0.25, 0.3) is 0 Å². The van der Waals surface area contributed by atoms with Crippen molar-refractivity contribution in [2.24, 2.45) is 17.6 Å². The van der Waals surface area contributed by atoms with E-state index in [0.29, 0.717) is 30.8 Å². The average molecular weight is 300 g/mol. The predicted octanol–water partition coefficient (Wildman–Crippen LogP) is 2.82. The first-order valence-electron chi connectivity index (χ1n) is 8.82. The zero-order valence-electron chi connectivity index (χ0n) is 13.4. The highest BCUT2D eigenvalue weighted by atomic mass is 16.1. The summed E-state index contributed by atoms with van der Waals surface area (Å²) in [5, 5.41) is 3.27. The van der Waals surface area contributed by atoms with Crippen molar-refractivity contribution < 1.29 is 4.79 Å². The molecule has 1 fully saturated rings. The summed E-state index contributed by atoms with van der Waals surface area (Å²) < 4.78 is 0. The van der Waals surface area contributed by atoms with Crippen molar-refractivity contribution in [2.75, 3.05) is 6.54 Å². The van der Waals surface area contributed by atoms with E-state index in [-0.39, 0.29) is 5.91 Å². The summed E-state index contributed by atoms with van der Waals surface area (Å²) in [7, 11) is 0. The summed E-state index contributed by atoms with van der Waals surface area (Å²) in [6, 6.07) is 8.96. The van der Waals surface area contributed by atoms with Gasteiger partial charge in [-0.2, -0.15) is 0 Å². The summed E-state index contributed by atoms with van der Waals surface area (Å²) >= 11 is 0. The summed E-state index contributed by atoms with van der Waals surface area (Å²) in [5.74, 6) is 1.20. The molecule has 3 heteroatoms. The van der Waals surface area contributed by atoms with E-state index in [1.165, 1.54) is 24.0 Å². The quantitative estimate of drug-likeness (QED) is 0.898. The Hall–Kier alpha value is -1.35. The van der Waals surface area contributed by atoms with Gasteiger partial charge in [0.1, 0.15) is 0 Å². The van der Waals surface area contributed by atoms with Gasteiger partial charge in [-0.25, -0.2) is 0 Å². The molecule has 3 nitrogen and oxygen atoms in total. The second kappa shape index (κ2) is 7.28. The van der Waals surface area contributed by atoms with Crippen molar-refractivity contribution in [3.63, 3.8) is 0 Å². The topological polar surface area (TPSA) is 55.1 Å². The standard InChI is InChI=1S/C19H28N2O/c20-13-17-7-3-4-8-18(17)21-19(22)12-14-9-10-15-5-1-2-6-16(15)11-14/h1-2,5-6,14,17-18H,3-4,7-13,20H2,(H,21,22). The minimum absolute atomic E-state index is 0.231. The maximum Gasteiger partial charge on any atom is 0.220 e. The van der Waals surface area contributed by atoms with E-state index in [1.807, 2.05) is 0 Å². The normalized spacial score (nSPS) is 28.0. The number of carbonyl (C=O) groups excluding carboxylic acids is 1. The van der Waals surface area contributed by atoms with Crippen molar-refractivity contribution in [1.29, 1.82) is 0 Å². The zero-order chi connectivity index (χ0) is 15.4. The lowest BCUT2D eigenvalue weighted by Crippen LogP contribution is -2.45. The molecule has 1 saturated carbocycles. The van der Waals surface area contributed by atoms with Gasteiger partial charge in [0.05, 0.1) is 0 Å². The number of hydrogen-bond donors (Lipinski definition) is 2. The van der Waals surface area contributed by atoms with Gasteiger partial charge < -0.3 is 11.1 Å². The molecule has 1 aromatic rings. The van der Waals surface area contributed by atoms with E-state index in [1.54, 1.807) is 0 Å². The molecule has 2 aliphatic rings. The number of nitrogens with two attached hydrogens (primary N) is 1. The first kappa shape index (κ1) is 15.5. The molecule has 3 unspecified atom stereocenters. The van der Waals surface area contributed by atoms with Crippen LogP contribution in [0.2, 0.25) is 0 Å². The Labute approximate surface area is 133 Å². The van der Waals surface area contributed by atoms with Gasteiger partial charge in [0.25, 0.3) is 0 Å². The van der Waals surface area contributed by atoms with Crippen LogP contribution in [0.5, 0.6) is 0 Å². The Morgan fingerprint density at radius 3 is 2.73 bits per heavy atom. The van der Waals surface area contributed by atoms with Crippen LogP contribution in [0.15, 0.2) is 24.3 Å². The Bertz CT molecular complexity index is 514. The number of nitrogens with one attached hydrogen (secondary N) is 1. The average Bonchev–Trinajstić information content (AvgIpc) is 2.55. The van der Waals surface area contributed by atoms with Gasteiger partial charge >= 0.3 is 0 Å². The highest BCUT2D eigenvalue weighted by molar-refractivity contribution is 5.76. The largest absolute Gasteiger partial charge is 0.353 e. The van der Waals surface area contributed by atoms with Crippen LogP contribution in [0.4, 0.5) is 0 Å². The summed E-state index contributed by atoms with van der Waals surface area (Å²) in [4.78, 5) is 12.4. The fraction of sp³-hybridized carbons (Fsp3) is 0.632. The van der Waals surface area contributed by atoms with Gasteiger partial charge in [0.2, 0.25) is 5.91 Å². The molecule has 1 amide bonds. The molecule has 0 aromatic heterocycles. The van der Waals surface area contributed by atoms with E-state index in [4.69, 9.17) is 5.73 Å². The van der Waals surface area contributed by atoms with Gasteiger partial charge in [-0.15, -0.1) is 0 Å². The van der Waals surface area contributed by atoms with Crippen LogP contribution in [-0.4, -0.2) is 18.5 Å². The molecule has 120 valence electrons. The zero-order valence-corrected chi connectivity index (χ0v) is 13.4. The highest BCUT2D eigenvalue weighted by Gasteiger charge is 2.27. The second-order valence-electron chi connectivity index (χ2n) is 7.04. The van der Waals surface area contributed by atoms with Gasteiger partial charge in [0, 0.05) is 12.5 Å². The Morgan fingerprint density at radius 1 is 1.14 bits per heavy atom. The molecule has 0 aliphatic heterocycles. The first-order chi connectivity index (χ1) is 10.8. The molecule has 0 saturated heterocycles. The number of aryl methyl sites for hydroxylation is 1. The monoisotopic (exact) mass is 300 g/mol. The molecule has 0 spiro atoms. The fourth-order valence-electron chi connectivity index (χ4n) is 4.16.